The van der Waals surface area contributed by atoms with Crippen LogP contribution >= 0.6 is 0 Å². The van der Waals surface area contributed by atoms with Crippen molar-refractivity contribution >= 4 is 25.0 Å². The van der Waals surface area contributed by atoms with Crippen LogP contribution in [0.15, 0.2) is 12.2 Å². The van der Waals surface area contributed by atoms with Gasteiger partial charge in [0.25, 0.3) is 0 Å². The average molecular weight is 371 g/mol. The van der Waals surface area contributed by atoms with Crippen molar-refractivity contribution in [3.8, 4) is 0 Å². The molecule has 2 rings (SSSR count). The van der Waals surface area contributed by atoms with Crippen LogP contribution in [0.2, 0.25) is 57.4 Å². The van der Waals surface area contributed by atoms with Crippen LogP contribution in [0.5, 0.6) is 0 Å². The molecule has 5 heteroatoms. The van der Waals surface area contributed by atoms with E-state index in [-0.39, 0.29) is 0 Å². The van der Waals surface area contributed by atoms with Crippen LogP contribution in [0.4, 0.5) is 0 Å². The maximum atomic E-state index is 6.83. The van der Waals surface area contributed by atoms with E-state index < -0.39 is 25.0 Å². The zero-order valence-corrected chi connectivity index (χ0v) is 19.4. The smallest absolute Gasteiger partial charge is 0.186 e. The van der Waals surface area contributed by atoms with E-state index in [2.05, 4.69) is 51.4 Å². The Morgan fingerprint density at radius 1 is 0.826 bits per heavy atom. The Bertz CT molecular complexity index is 432. The average Bonchev–Trinajstić information content (AvgIpc) is 3.05. The highest BCUT2D eigenvalue weighted by Crippen LogP contribution is 2.46. The first-order chi connectivity index (χ1) is 10.5. The van der Waals surface area contributed by atoms with Gasteiger partial charge in [0, 0.05) is 7.11 Å². The van der Waals surface area contributed by atoms with Gasteiger partial charge in [-0.1, -0.05) is 18.6 Å². The van der Waals surface area contributed by atoms with Gasteiger partial charge in [0.2, 0.25) is 0 Å². The van der Waals surface area contributed by atoms with Gasteiger partial charge >= 0.3 is 0 Å². The molecule has 0 saturated heterocycles. The van der Waals surface area contributed by atoms with Gasteiger partial charge in [-0.15, -0.1) is 0 Å². The molecule has 0 aromatic heterocycles. The standard InChI is InChI=1S/C18H38O2Si3/c1-19-21(2,3)12-13-23(6,7)20-22(4,5)11-10-18-15-16-8-9-17(18)14-16/h8-9,16-18H,10-15H2,1-7H3. The Balaban J connectivity index is 1.78. The van der Waals surface area contributed by atoms with Gasteiger partial charge in [0.1, 0.15) is 0 Å². The minimum atomic E-state index is -1.56. The molecule has 0 radical (unpaired) electrons. The van der Waals surface area contributed by atoms with Gasteiger partial charge in [0.05, 0.1) is 0 Å². The van der Waals surface area contributed by atoms with E-state index in [9.17, 15) is 0 Å². The first-order valence-electron chi connectivity index (χ1n) is 9.46. The second kappa shape index (κ2) is 7.28. The molecule has 0 heterocycles. The maximum Gasteiger partial charge on any atom is 0.186 e. The topological polar surface area (TPSA) is 18.5 Å². The van der Waals surface area contributed by atoms with Crippen LogP contribution in [-0.2, 0) is 8.54 Å². The monoisotopic (exact) mass is 370 g/mol. The van der Waals surface area contributed by atoms with Crippen LogP contribution in [0.25, 0.3) is 0 Å². The minimum Gasteiger partial charge on any atom is -0.456 e. The predicted octanol–water partition coefficient (Wildman–Crippen LogP) is 5.87. The van der Waals surface area contributed by atoms with Crippen molar-refractivity contribution in [1.82, 2.24) is 0 Å². The molecule has 3 unspecified atom stereocenters. The van der Waals surface area contributed by atoms with E-state index in [1.165, 1.54) is 37.4 Å². The predicted molar refractivity (Wildman–Crippen MR) is 108 cm³/mol. The van der Waals surface area contributed by atoms with E-state index in [1.54, 1.807) is 0 Å². The summed E-state index contributed by atoms with van der Waals surface area (Å²) in [6.07, 6.45) is 9.22. The summed E-state index contributed by atoms with van der Waals surface area (Å²) in [5.41, 5.74) is 0. The molecule has 1 fully saturated rings. The largest absolute Gasteiger partial charge is 0.456 e. The molecule has 1 saturated carbocycles. The summed E-state index contributed by atoms with van der Waals surface area (Å²) in [6, 6.07) is 3.84. The fourth-order valence-corrected chi connectivity index (χ4v) is 17.2. The molecule has 2 nitrogen and oxygen atoms in total. The van der Waals surface area contributed by atoms with Crippen LogP contribution in [-0.4, -0.2) is 32.1 Å². The number of hydrogen-bond acceptors (Lipinski definition) is 2. The van der Waals surface area contributed by atoms with Gasteiger partial charge < -0.3 is 8.54 Å². The van der Waals surface area contributed by atoms with Crippen molar-refractivity contribution in [1.29, 1.82) is 0 Å². The third-order valence-corrected chi connectivity index (χ3v) is 16.4. The molecule has 23 heavy (non-hydrogen) atoms. The van der Waals surface area contributed by atoms with Crippen molar-refractivity contribution in [3.63, 3.8) is 0 Å². The molecule has 2 aliphatic carbocycles. The highest BCUT2D eigenvalue weighted by molar-refractivity contribution is 6.85. The number of rotatable bonds is 9. The Morgan fingerprint density at radius 3 is 1.96 bits per heavy atom. The first kappa shape index (κ1) is 19.6. The van der Waals surface area contributed by atoms with Gasteiger partial charge in [-0.2, -0.15) is 0 Å². The van der Waals surface area contributed by atoms with Crippen LogP contribution < -0.4 is 0 Å². The second-order valence-electron chi connectivity index (χ2n) is 9.66. The third kappa shape index (κ3) is 5.96. The van der Waals surface area contributed by atoms with Crippen LogP contribution in [0, 0.1) is 17.8 Å². The summed E-state index contributed by atoms with van der Waals surface area (Å²) in [6.45, 7) is 14.4. The van der Waals surface area contributed by atoms with Gasteiger partial charge in [0.15, 0.2) is 25.0 Å². The summed E-state index contributed by atoms with van der Waals surface area (Å²) >= 11 is 0. The number of allylic oxidation sites excluding steroid dienone is 2. The van der Waals surface area contributed by atoms with Crippen molar-refractivity contribution in [2.45, 2.75) is 76.7 Å². The van der Waals surface area contributed by atoms with E-state index in [4.69, 9.17) is 8.54 Å². The second-order valence-corrected chi connectivity index (χ2v) is 22.9. The molecule has 2 bridgehead atoms. The Morgan fingerprint density at radius 2 is 1.43 bits per heavy atom. The summed E-state index contributed by atoms with van der Waals surface area (Å²) < 4.78 is 12.5. The molecule has 0 N–H and O–H groups in total. The Hall–Kier alpha value is 0.311. The minimum absolute atomic E-state index is 0.892. The molecule has 2 aliphatic rings. The Kier molecular flexibility index (Phi) is 6.21. The zero-order chi connectivity index (χ0) is 17.3. The van der Waals surface area contributed by atoms with Crippen LogP contribution in [0.3, 0.4) is 0 Å². The van der Waals surface area contributed by atoms with E-state index >= 15 is 0 Å². The lowest BCUT2D eigenvalue weighted by molar-refractivity contribution is 0.403. The summed E-state index contributed by atoms with van der Waals surface area (Å²) in [7, 11) is -2.65. The van der Waals surface area contributed by atoms with E-state index in [1.807, 2.05) is 7.11 Å². The molecular weight excluding hydrogens is 332 g/mol. The fourth-order valence-electron chi connectivity index (χ4n) is 4.31. The summed E-state index contributed by atoms with van der Waals surface area (Å²) in [5, 5.41) is 0. The number of fused-ring (bicyclic) bond motifs is 2. The van der Waals surface area contributed by atoms with E-state index in [0.717, 1.165) is 17.8 Å². The highest BCUT2D eigenvalue weighted by atomic mass is 28.4. The lowest BCUT2D eigenvalue weighted by Crippen LogP contribution is -2.45. The lowest BCUT2D eigenvalue weighted by Gasteiger charge is -2.36. The lowest BCUT2D eigenvalue weighted by atomic mass is 9.91. The highest BCUT2D eigenvalue weighted by Gasteiger charge is 2.39. The van der Waals surface area contributed by atoms with Crippen molar-refractivity contribution in [3.05, 3.63) is 12.2 Å². The van der Waals surface area contributed by atoms with E-state index in [0.29, 0.717) is 0 Å². The maximum absolute atomic E-state index is 6.83. The molecule has 0 aliphatic heterocycles. The van der Waals surface area contributed by atoms with Crippen molar-refractivity contribution in [2.24, 2.45) is 17.8 Å². The van der Waals surface area contributed by atoms with Gasteiger partial charge in [-0.3, -0.25) is 0 Å². The zero-order valence-electron chi connectivity index (χ0n) is 16.4. The van der Waals surface area contributed by atoms with Crippen LogP contribution in [0.1, 0.15) is 19.3 Å². The quantitative estimate of drug-likeness (QED) is 0.373. The molecule has 0 aromatic carbocycles. The van der Waals surface area contributed by atoms with Gasteiger partial charge in [-0.25, -0.2) is 0 Å². The Labute approximate surface area is 147 Å². The molecule has 0 amide bonds. The fraction of sp³-hybridized carbons (Fsp3) is 0.889. The SMILES string of the molecule is CO[Si](C)(C)CC[Si](C)(C)O[Si](C)(C)CCC1CC2C=CC1C2. The molecule has 134 valence electrons. The normalized spacial score (nSPS) is 27.9. The molecule has 3 atom stereocenters. The van der Waals surface area contributed by atoms with Gasteiger partial charge in [-0.05, 0) is 88.0 Å². The molecule has 0 spiro atoms. The molecule has 0 aromatic rings. The third-order valence-electron chi connectivity index (χ3n) is 5.97. The molecular formula is C18H38O2Si3. The summed E-state index contributed by atoms with van der Waals surface area (Å²) in [5.74, 6) is 2.75. The number of hydrogen-bond donors (Lipinski definition) is 0. The summed E-state index contributed by atoms with van der Waals surface area (Å²) in [4.78, 5) is 0. The van der Waals surface area contributed by atoms with Crippen molar-refractivity contribution in [2.75, 3.05) is 7.11 Å². The van der Waals surface area contributed by atoms with Crippen molar-refractivity contribution < 1.29 is 8.54 Å². The first-order valence-corrected chi connectivity index (χ1v) is 18.8.